The lowest BCUT2D eigenvalue weighted by atomic mass is 9.96. The Kier molecular flexibility index (Phi) is 5.30. The van der Waals surface area contributed by atoms with Crippen molar-refractivity contribution in [1.29, 1.82) is 0 Å². The van der Waals surface area contributed by atoms with E-state index in [1.807, 2.05) is 54.8 Å². The first-order valence-corrected chi connectivity index (χ1v) is 9.82. The summed E-state index contributed by atoms with van der Waals surface area (Å²) >= 11 is 6.19. The number of benzene rings is 2. The maximum atomic E-state index is 12.2. The van der Waals surface area contributed by atoms with E-state index in [1.54, 1.807) is 7.11 Å². The van der Waals surface area contributed by atoms with Crippen LogP contribution in [0.3, 0.4) is 0 Å². The van der Waals surface area contributed by atoms with E-state index in [0.717, 1.165) is 28.1 Å². The van der Waals surface area contributed by atoms with Crippen LogP contribution in [0.25, 0.3) is 5.69 Å². The van der Waals surface area contributed by atoms with Gasteiger partial charge in [-0.15, -0.1) is 10.2 Å². The molecule has 1 aliphatic heterocycles. The largest absolute Gasteiger partial charge is 0.497 e. The van der Waals surface area contributed by atoms with Crippen LogP contribution in [0, 0.1) is 13.8 Å². The highest BCUT2D eigenvalue weighted by atomic mass is 35.5. The zero-order chi connectivity index (χ0) is 21.4. The molecular weight excluding hydrogens is 404 g/mol. The van der Waals surface area contributed by atoms with Gasteiger partial charge in [0.15, 0.2) is 5.82 Å². The summed E-state index contributed by atoms with van der Waals surface area (Å²) in [4.78, 5) is 17.1. The molecule has 1 atom stereocenters. The van der Waals surface area contributed by atoms with Crippen LogP contribution in [0.15, 0.2) is 41.4 Å². The summed E-state index contributed by atoms with van der Waals surface area (Å²) in [5.74, 6) is 1.62. The van der Waals surface area contributed by atoms with E-state index in [0.29, 0.717) is 22.4 Å². The average molecular weight is 425 g/mol. The van der Waals surface area contributed by atoms with Crippen LogP contribution < -0.4 is 4.74 Å². The molecule has 1 aromatic heterocycles. The predicted octanol–water partition coefficient (Wildman–Crippen LogP) is 4.00. The van der Waals surface area contributed by atoms with Gasteiger partial charge in [-0.2, -0.15) is 0 Å². The molecule has 1 aliphatic rings. The topological polar surface area (TPSA) is 78.6 Å². The van der Waals surface area contributed by atoms with Crippen molar-refractivity contribution in [3.8, 4) is 11.4 Å². The Bertz CT molecular complexity index is 1170. The van der Waals surface area contributed by atoms with E-state index in [-0.39, 0.29) is 12.4 Å². The van der Waals surface area contributed by atoms with Gasteiger partial charge < -0.3 is 9.47 Å². The van der Waals surface area contributed by atoms with Gasteiger partial charge >= 0.3 is 5.97 Å². The highest BCUT2D eigenvalue weighted by Crippen LogP contribution is 2.35. The lowest BCUT2D eigenvalue weighted by Crippen LogP contribution is -2.12. The molecule has 0 amide bonds. The number of aliphatic imine (C=N–C) groups is 1. The molecule has 0 fully saturated rings. The Balaban J connectivity index is 2.03. The van der Waals surface area contributed by atoms with Gasteiger partial charge in [-0.3, -0.25) is 14.4 Å². The van der Waals surface area contributed by atoms with Crippen LogP contribution >= 0.6 is 11.6 Å². The summed E-state index contributed by atoms with van der Waals surface area (Å²) in [6.45, 7) is 3.85. The fourth-order valence-corrected chi connectivity index (χ4v) is 3.91. The molecule has 0 saturated carbocycles. The van der Waals surface area contributed by atoms with Gasteiger partial charge in [-0.1, -0.05) is 17.7 Å². The Labute approximate surface area is 179 Å². The highest BCUT2D eigenvalue weighted by Gasteiger charge is 2.30. The molecule has 0 N–H and O–H groups in total. The van der Waals surface area contributed by atoms with Crippen LogP contribution in [-0.4, -0.2) is 40.7 Å². The molecule has 4 rings (SSSR count). The summed E-state index contributed by atoms with van der Waals surface area (Å²) in [5, 5.41) is 9.22. The molecule has 2 heterocycles. The maximum absolute atomic E-state index is 12.2. The standard InChI is InChI=1S/C22H21ClN4O3/c1-12-9-14(23)5-7-16(12)21-17-10-15(29-3)6-8-19(17)27-13(2)25-26-22(27)18(24-21)11-20(28)30-4/h5-10,18H,11H2,1-4H3. The van der Waals surface area contributed by atoms with E-state index in [9.17, 15) is 4.79 Å². The van der Waals surface area contributed by atoms with Crippen molar-refractivity contribution in [2.24, 2.45) is 4.99 Å². The molecule has 154 valence electrons. The first-order valence-electron chi connectivity index (χ1n) is 9.44. The molecule has 0 saturated heterocycles. The number of rotatable bonds is 4. The number of aromatic nitrogens is 3. The fourth-order valence-electron chi connectivity index (χ4n) is 3.69. The van der Waals surface area contributed by atoms with Crippen molar-refractivity contribution in [3.05, 3.63) is 69.8 Å². The maximum Gasteiger partial charge on any atom is 0.308 e. The summed E-state index contributed by atoms with van der Waals surface area (Å²) in [6, 6.07) is 10.9. The smallest absolute Gasteiger partial charge is 0.308 e. The van der Waals surface area contributed by atoms with Gasteiger partial charge in [0.2, 0.25) is 0 Å². The molecule has 0 aliphatic carbocycles. The molecule has 0 radical (unpaired) electrons. The zero-order valence-corrected chi connectivity index (χ0v) is 17.9. The van der Waals surface area contributed by atoms with Crippen LogP contribution in [0.2, 0.25) is 5.02 Å². The second kappa shape index (κ2) is 7.91. The number of carbonyl (C=O) groups is 1. The number of carbonyl (C=O) groups excluding carboxylic acids is 1. The van der Waals surface area contributed by atoms with Crippen LogP contribution in [0.1, 0.15) is 40.8 Å². The minimum absolute atomic E-state index is 0.0515. The normalized spacial score (nSPS) is 15.0. The van der Waals surface area contributed by atoms with Crippen LogP contribution in [0.4, 0.5) is 0 Å². The van der Waals surface area contributed by atoms with Crippen molar-refractivity contribution < 1.29 is 14.3 Å². The number of nitrogens with zero attached hydrogens (tertiary/aromatic N) is 4. The third-order valence-electron chi connectivity index (χ3n) is 5.16. The minimum Gasteiger partial charge on any atom is -0.497 e. The quantitative estimate of drug-likeness (QED) is 0.591. The molecule has 0 spiro atoms. The number of halogens is 1. The molecule has 2 aromatic carbocycles. The monoisotopic (exact) mass is 424 g/mol. The molecule has 8 heteroatoms. The van der Waals surface area contributed by atoms with E-state index in [4.69, 9.17) is 26.1 Å². The number of aryl methyl sites for hydroxylation is 2. The van der Waals surface area contributed by atoms with E-state index in [1.165, 1.54) is 7.11 Å². The van der Waals surface area contributed by atoms with Crippen LogP contribution in [-0.2, 0) is 9.53 Å². The zero-order valence-electron chi connectivity index (χ0n) is 17.1. The SMILES string of the molecule is COC(=O)CC1N=C(c2ccc(Cl)cc2C)c2cc(OC)ccc2-n2c(C)nnc21. The third-order valence-corrected chi connectivity index (χ3v) is 5.40. The van der Waals surface area contributed by atoms with Gasteiger partial charge in [0.05, 0.1) is 32.0 Å². The molecule has 7 nitrogen and oxygen atoms in total. The number of fused-ring (bicyclic) bond motifs is 3. The average Bonchev–Trinajstić information content (AvgIpc) is 3.06. The van der Waals surface area contributed by atoms with Crippen LogP contribution in [0.5, 0.6) is 5.75 Å². The van der Waals surface area contributed by atoms with E-state index < -0.39 is 6.04 Å². The van der Waals surface area contributed by atoms with Gasteiger partial charge in [-0.05, 0) is 49.7 Å². The molecule has 3 aromatic rings. The van der Waals surface area contributed by atoms with Gasteiger partial charge in [0.25, 0.3) is 0 Å². The first kappa shape index (κ1) is 20.1. The van der Waals surface area contributed by atoms with Gasteiger partial charge in [-0.25, -0.2) is 0 Å². The van der Waals surface area contributed by atoms with Gasteiger partial charge in [0.1, 0.15) is 17.6 Å². The summed E-state index contributed by atoms with van der Waals surface area (Å²) in [5.41, 5.74) is 4.35. The highest BCUT2D eigenvalue weighted by molar-refractivity contribution is 6.31. The van der Waals surface area contributed by atoms with E-state index in [2.05, 4.69) is 10.2 Å². The number of ether oxygens (including phenoxy) is 2. The predicted molar refractivity (Wildman–Crippen MR) is 114 cm³/mol. The summed E-state index contributed by atoms with van der Waals surface area (Å²) < 4.78 is 12.3. The second-order valence-corrected chi connectivity index (χ2v) is 7.49. The van der Waals surface area contributed by atoms with Crippen molar-refractivity contribution in [3.63, 3.8) is 0 Å². The number of hydrogen-bond donors (Lipinski definition) is 0. The summed E-state index contributed by atoms with van der Waals surface area (Å²) in [6.07, 6.45) is 0.0515. The molecule has 1 unspecified atom stereocenters. The molecule has 0 bridgehead atoms. The third kappa shape index (κ3) is 3.45. The molecule has 30 heavy (non-hydrogen) atoms. The Morgan fingerprint density at radius 3 is 2.60 bits per heavy atom. The van der Waals surface area contributed by atoms with Crippen molar-refractivity contribution >= 4 is 23.3 Å². The van der Waals surface area contributed by atoms with Gasteiger partial charge in [0, 0.05) is 16.1 Å². The first-order chi connectivity index (χ1) is 14.4. The second-order valence-electron chi connectivity index (χ2n) is 7.06. The summed E-state index contributed by atoms with van der Waals surface area (Å²) in [7, 11) is 2.99. The Morgan fingerprint density at radius 1 is 1.10 bits per heavy atom. The fraction of sp³-hybridized carbons (Fsp3) is 0.273. The molecular formula is C22H21ClN4O3. The lowest BCUT2D eigenvalue weighted by Gasteiger charge is -2.15. The van der Waals surface area contributed by atoms with Crippen molar-refractivity contribution in [1.82, 2.24) is 14.8 Å². The Morgan fingerprint density at radius 2 is 1.90 bits per heavy atom. The van der Waals surface area contributed by atoms with Crippen molar-refractivity contribution in [2.75, 3.05) is 14.2 Å². The lowest BCUT2D eigenvalue weighted by molar-refractivity contribution is -0.141. The number of methoxy groups -OCH3 is 2. The Hall–Kier alpha value is -3.19. The number of esters is 1. The number of hydrogen-bond acceptors (Lipinski definition) is 6. The van der Waals surface area contributed by atoms with E-state index >= 15 is 0 Å². The minimum atomic E-state index is -0.554. The van der Waals surface area contributed by atoms with Crippen molar-refractivity contribution in [2.45, 2.75) is 26.3 Å².